The van der Waals surface area contributed by atoms with Gasteiger partial charge in [0.15, 0.2) is 0 Å². The fourth-order valence-electron chi connectivity index (χ4n) is 1.69. The maximum Gasteiger partial charge on any atom is 0.307 e. The van der Waals surface area contributed by atoms with Crippen molar-refractivity contribution in [3.63, 3.8) is 0 Å². The van der Waals surface area contributed by atoms with Crippen LogP contribution in [0.4, 0.5) is 5.69 Å². The predicted molar refractivity (Wildman–Crippen MR) is 62.9 cm³/mol. The molecule has 0 amide bonds. The van der Waals surface area contributed by atoms with Crippen LogP contribution in [-0.4, -0.2) is 23.5 Å². The third-order valence-electron chi connectivity index (χ3n) is 2.47. The van der Waals surface area contributed by atoms with Gasteiger partial charge in [0.1, 0.15) is 5.84 Å². The second-order valence-corrected chi connectivity index (χ2v) is 3.82. The number of aliphatic carboxylic acids is 1. The van der Waals surface area contributed by atoms with E-state index in [0.717, 1.165) is 36.5 Å². The van der Waals surface area contributed by atoms with Gasteiger partial charge in [0.2, 0.25) is 0 Å². The minimum atomic E-state index is -0.805. The Hall–Kier alpha value is -1.84. The Bertz CT molecular complexity index is 410. The van der Waals surface area contributed by atoms with Gasteiger partial charge in [-0.25, -0.2) is 0 Å². The number of nitrogens with one attached hydrogen (secondary N) is 1. The van der Waals surface area contributed by atoms with Gasteiger partial charge in [-0.05, 0) is 24.1 Å². The molecule has 1 aromatic carbocycles. The second kappa shape index (κ2) is 4.79. The van der Waals surface area contributed by atoms with Crippen molar-refractivity contribution in [2.45, 2.75) is 19.3 Å². The highest BCUT2D eigenvalue weighted by Gasteiger charge is 2.06. The van der Waals surface area contributed by atoms with Crippen molar-refractivity contribution in [2.24, 2.45) is 4.99 Å². The predicted octanol–water partition coefficient (Wildman–Crippen LogP) is 1.92. The third-order valence-corrected chi connectivity index (χ3v) is 2.47. The van der Waals surface area contributed by atoms with E-state index in [9.17, 15) is 4.79 Å². The number of hydrogen-bond acceptors (Lipinski definition) is 3. The van der Waals surface area contributed by atoms with Crippen LogP contribution in [0, 0.1) is 0 Å². The van der Waals surface area contributed by atoms with Gasteiger partial charge in [-0.2, -0.15) is 0 Å². The number of carboxylic acid groups (broad SMARTS) is 1. The number of rotatable bonds is 3. The van der Waals surface area contributed by atoms with E-state index < -0.39 is 5.97 Å². The molecule has 0 unspecified atom stereocenters. The highest BCUT2D eigenvalue weighted by molar-refractivity contribution is 5.96. The zero-order valence-electron chi connectivity index (χ0n) is 8.94. The number of aliphatic imine (C=N–C) groups is 1. The van der Waals surface area contributed by atoms with Crippen LogP contribution in [0.3, 0.4) is 0 Å². The first-order valence-electron chi connectivity index (χ1n) is 5.35. The molecule has 0 aromatic heterocycles. The molecule has 0 saturated heterocycles. The maximum absolute atomic E-state index is 10.5. The summed E-state index contributed by atoms with van der Waals surface area (Å²) in [6.07, 6.45) is 2.18. The molecule has 0 saturated carbocycles. The SMILES string of the molecule is O=C(O)Cc1ccc(NC2=NCCC2)cc1. The van der Waals surface area contributed by atoms with Crippen molar-refractivity contribution in [1.82, 2.24) is 0 Å². The van der Waals surface area contributed by atoms with Gasteiger partial charge in [-0.15, -0.1) is 0 Å². The Morgan fingerprint density at radius 2 is 2.12 bits per heavy atom. The first-order chi connectivity index (χ1) is 7.74. The molecule has 0 fully saturated rings. The van der Waals surface area contributed by atoms with Crippen molar-refractivity contribution >= 4 is 17.5 Å². The van der Waals surface area contributed by atoms with Crippen molar-refractivity contribution in [3.8, 4) is 0 Å². The van der Waals surface area contributed by atoms with E-state index >= 15 is 0 Å². The molecule has 84 valence electrons. The molecule has 0 aliphatic carbocycles. The van der Waals surface area contributed by atoms with Gasteiger partial charge < -0.3 is 10.4 Å². The maximum atomic E-state index is 10.5. The van der Waals surface area contributed by atoms with E-state index in [0.29, 0.717) is 0 Å². The third kappa shape index (κ3) is 2.82. The van der Waals surface area contributed by atoms with Crippen LogP contribution in [0.2, 0.25) is 0 Å². The molecule has 2 rings (SSSR count). The number of carbonyl (C=O) groups is 1. The molecule has 1 aliphatic rings. The van der Waals surface area contributed by atoms with E-state index in [1.807, 2.05) is 24.3 Å². The minimum absolute atomic E-state index is 0.0707. The van der Waals surface area contributed by atoms with Crippen LogP contribution < -0.4 is 5.32 Å². The van der Waals surface area contributed by atoms with Crippen LogP contribution >= 0.6 is 0 Å². The van der Waals surface area contributed by atoms with E-state index in [1.165, 1.54) is 0 Å². The Morgan fingerprint density at radius 3 is 2.69 bits per heavy atom. The van der Waals surface area contributed by atoms with Crippen LogP contribution in [-0.2, 0) is 11.2 Å². The Balaban J connectivity index is 1.98. The minimum Gasteiger partial charge on any atom is -0.481 e. The fraction of sp³-hybridized carbons (Fsp3) is 0.333. The number of amidine groups is 1. The molecular formula is C12H14N2O2. The zero-order valence-corrected chi connectivity index (χ0v) is 8.94. The molecule has 4 heteroatoms. The quantitative estimate of drug-likeness (QED) is 0.814. The normalized spacial score (nSPS) is 14.6. The number of benzene rings is 1. The Morgan fingerprint density at radius 1 is 1.38 bits per heavy atom. The summed E-state index contributed by atoms with van der Waals surface area (Å²) in [5.41, 5.74) is 1.78. The molecular weight excluding hydrogens is 204 g/mol. The highest BCUT2D eigenvalue weighted by Crippen LogP contribution is 2.13. The van der Waals surface area contributed by atoms with Crippen LogP contribution in [0.25, 0.3) is 0 Å². The average molecular weight is 218 g/mol. The summed E-state index contributed by atoms with van der Waals surface area (Å²) in [6, 6.07) is 7.43. The molecule has 0 bridgehead atoms. The van der Waals surface area contributed by atoms with E-state index in [1.54, 1.807) is 0 Å². The lowest BCUT2D eigenvalue weighted by Crippen LogP contribution is -2.08. The first-order valence-corrected chi connectivity index (χ1v) is 5.35. The Labute approximate surface area is 94.0 Å². The highest BCUT2D eigenvalue weighted by atomic mass is 16.4. The largest absolute Gasteiger partial charge is 0.481 e. The topological polar surface area (TPSA) is 61.7 Å². The summed E-state index contributed by atoms with van der Waals surface area (Å²) >= 11 is 0. The number of carboxylic acids is 1. The summed E-state index contributed by atoms with van der Waals surface area (Å²) in [7, 11) is 0. The van der Waals surface area contributed by atoms with Crippen LogP contribution in [0.15, 0.2) is 29.3 Å². The van der Waals surface area contributed by atoms with Gasteiger partial charge in [0.05, 0.1) is 6.42 Å². The van der Waals surface area contributed by atoms with Crippen molar-refractivity contribution < 1.29 is 9.90 Å². The molecule has 0 radical (unpaired) electrons. The molecule has 2 N–H and O–H groups in total. The van der Waals surface area contributed by atoms with Crippen molar-refractivity contribution in [2.75, 3.05) is 11.9 Å². The zero-order chi connectivity index (χ0) is 11.4. The number of anilines is 1. The van der Waals surface area contributed by atoms with Crippen LogP contribution in [0.1, 0.15) is 18.4 Å². The monoisotopic (exact) mass is 218 g/mol. The summed E-state index contributed by atoms with van der Waals surface area (Å²) in [4.78, 5) is 14.8. The molecule has 1 aromatic rings. The van der Waals surface area contributed by atoms with Gasteiger partial charge in [0, 0.05) is 18.7 Å². The second-order valence-electron chi connectivity index (χ2n) is 3.82. The summed E-state index contributed by atoms with van der Waals surface area (Å²) in [5.74, 6) is 0.215. The molecule has 0 spiro atoms. The van der Waals surface area contributed by atoms with Gasteiger partial charge >= 0.3 is 5.97 Å². The van der Waals surface area contributed by atoms with E-state index in [-0.39, 0.29) is 6.42 Å². The first kappa shape index (κ1) is 10.7. The van der Waals surface area contributed by atoms with Gasteiger partial charge in [-0.3, -0.25) is 9.79 Å². The smallest absolute Gasteiger partial charge is 0.307 e. The van der Waals surface area contributed by atoms with E-state index in [2.05, 4.69) is 10.3 Å². The van der Waals surface area contributed by atoms with Crippen LogP contribution in [0.5, 0.6) is 0 Å². The summed E-state index contributed by atoms with van der Waals surface area (Å²) in [5, 5.41) is 11.9. The lowest BCUT2D eigenvalue weighted by atomic mass is 10.1. The lowest BCUT2D eigenvalue weighted by molar-refractivity contribution is -0.136. The van der Waals surface area contributed by atoms with Gasteiger partial charge in [-0.1, -0.05) is 12.1 Å². The lowest BCUT2D eigenvalue weighted by Gasteiger charge is -2.06. The summed E-state index contributed by atoms with van der Waals surface area (Å²) < 4.78 is 0. The standard InChI is InChI=1S/C12H14N2O2/c15-12(16)8-9-3-5-10(6-4-9)14-11-2-1-7-13-11/h3-6H,1-2,7-8H2,(H,13,14)(H,15,16). The van der Waals surface area contributed by atoms with Crippen molar-refractivity contribution in [1.29, 1.82) is 0 Å². The molecule has 0 atom stereocenters. The molecule has 1 aliphatic heterocycles. The molecule has 16 heavy (non-hydrogen) atoms. The average Bonchev–Trinajstić information content (AvgIpc) is 2.73. The van der Waals surface area contributed by atoms with Crippen molar-refractivity contribution in [3.05, 3.63) is 29.8 Å². The number of hydrogen-bond donors (Lipinski definition) is 2. The van der Waals surface area contributed by atoms with E-state index in [4.69, 9.17) is 5.11 Å². The summed E-state index contributed by atoms with van der Waals surface area (Å²) in [6.45, 7) is 0.902. The Kier molecular flexibility index (Phi) is 3.19. The molecule has 4 nitrogen and oxygen atoms in total. The molecule has 1 heterocycles. The fourth-order valence-corrected chi connectivity index (χ4v) is 1.69. The number of nitrogens with zero attached hydrogens (tertiary/aromatic N) is 1. The van der Waals surface area contributed by atoms with Gasteiger partial charge in [0.25, 0.3) is 0 Å².